The Balaban J connectivity index is 1.86. The topological polar surface area (TPSA) is 23.6 Å². The third-order valence-corrected chi connectivity index (χ3v) is 4.47. The second kappa shape index (κ2) is 6.25. The molecular formula is C16H23ClN2O. The lowest BCUT2D eigenvalue weighted by molar-refractivity contribution is 0.0390. The molecule has 1 aliphatic heterocycles. The molecule has 0 N–H and O–H groups in total. The molecule has 110 valence electrons. The predicted octanol–water partition coefficient (Wildman–Crippen LogP) is 2.94. The highest BCUT2D eigenvalue weighted by Gasteiger charge is 2.30. The number of piperazine rings is 1. The standard InChI is InChI=1S/C16H23ClN2O/c1-16(2)12-19(11-10-18(16)3)9-8-15(20)13-4-6-14(17)7-5-13/h4-7H,8-12H2,1-3H3. The highest BCUT2D eigenvalue weighted by atomic mass is 35.5. The summed E-state index contributed by atoms with van der Waals surface area (Å²) < 4.78 is 0. The van der Waals surface area contributed by atoms with Crippen molar-refractivity contribution in [2.75, 3.05) is 33.2 Å². The molecule has 1 aromatic rings. The summed E-state index contributed by atoms with van der Waals surface area (Å²) in [6.07, 6.45) is 0.571. The zero-order chi connectivity index (χ0) is 14.8. The van der Waals surface area contributed by atoms with Crippen LogP contribution in [0.2, 0.25) is 5.02 Å². The number of hydrogen-bond acceptors (Lipinski definition) is 3. The van der Waals surface area contributed by atoms with E-state index in [2.05, 4.69) is 30.7 Å². The second-order valence-corrected chi connectivity index (χ2v) is 6.63. The Morgan fingerprint density at radius 3 is 2.50 bits per heavy atom. The van der Waals surface area contributed by atoms with Crippen molar-refractivity contribution in [1.82, 2.24) is 9.80 Å². The summed E-state index contributed by atoms with van der Waals surface area (Å²) in [6, 6.07) is 7.15. The van der Waals surface area contributed by atoms with Gasteiger partial charge in [0.25, 0.3) is 0 Å². The minimum absolute atomic E-state index is 0.182. The first-order valence-corrected chi connectivity index (χ1v) is 7.49. The van der Waals surface area contributed by atoms with Gasteiger partial charge in [-0.1, -0.05) is 11.6 Å². The summed E-state index contributed by atoms with van der Waals surface area (Å²) in [5, 5.41) is 0.669. The molecule has 2 rings (SSSR count). The normalized spacial score (nSPS) is 20.0. The number of rotatable bonds is 4. The Kier molecular flexibility index (Phi) is 4.84. The van der Waals surface area contributed by atoms with E-state index < -0.39 is 0 Å². The molecule has 1 aromatic carbocycles. The minimum Gasteiger partial charge on any atom is -0.300 e. The SMILES string of the molecule is CN1CCN(CCC(=O)c2ccc(Cl)cc2)CC1(C)C. The first kappa shape index (κ1) is 15.5. The van der Waals surface area contributed by atoms with E-state index in [4.69, 9.17) is 11.6 Å². The number of Topliss-reactive ketones (excluding diaryl/α,β-unsaturated/α-hetero) is 1. The van der Waals surface area contributed by atoms with Gasteiger partial charge in [-0.15, -0.1) is 0 Å². The highest BCUT2D eigenvalue weighted by molar-refractivity contribution is 6.30. The maximum Gasteiger partial charge on any atom is 0.164 e. The number of benzene rings is 1. The van der Waals surface area contributed by atoms with E-state index in [0.717, 1.165) is 31.7 Å². The van der Waals surface area contributed by atoms with Gasteiger partial charge in [-0.05, 0) is 45.2 Å². The number of carbonyl (C=O) groups excluding carboxylic acids is 1. The van der Waals surface area contributed by atoms with Gasteiger partial charge in [-0.25, -0.2) is 0 Å². The monoisotopic (exact) mass is 294 g/mol. The molecule has 20 heavy (non-hydrogen) atoms. The molecule has 0 aliphatic carbocycles. The maximum absolute atomic E-state index is 12.1. The number of likely N-dealkylation sites (N-methyl/N-ethyl adjacent to an activating group) is 1. The van der Waals surface area contributed by atoms with Gasteiger partial charge in [-0.3, -0.25) is 14.6 Å². The Bertz CT molecular complexity index is 470. The van der Waals surface area contributed by atoms with Crippen LogP contribution >= 0.6 is 11.6 Å². The molecule has 0 radical (unpaired) electrons. The average Bonchev–Trinajstić information content (AvgIpc) is 2.40. The van der Waals surface area contributed by atoms with Crippen LogP contribution in [-0.4, -0.2) is 54.3 Å². The summed E-state index contributed by atoms with van der Waals surface area (Å²) in [6.45, 7) is 8.44. The molecule has 0 unspecified atom stereocenters. The van der Waals surface area contributed by atoms with Gasteiger partial charge in [-0.2, -0.15) is 0 Å². The largest absolute Gasteiger partial charge is 0.300 e. The van der Waals surface area contributed by atoms with E-state index >= 15 is 0 Å². The zero-order valence-electron chi connectivity index (χ0n) is 12.5. The Hall–Kier alpha value is -0.900. The molecule has 3 nitrogen and oxygen atoms in total. The maximum atomic E-state index is 12.1. The van der Waals surface area contributed by atoms with Gasteiger partial charge in [0.05, 0.1) is 0 Å². The van der Waals surface area contributed by atoms with Crippen LogP contribution in [-0.2, 0) is 0 Å². The van der Waals surface area contributed by atoms with Gasteiger partial charge in [0, 0.05) is 48.7 Å². The molecule has 1 heterocycles. The van der Waals surface area contributed by atoms with Crippen LogP contribution in [0, 0.1) is 0 Å². The molecule has 0 bridgehead atoms. The van der Waals surface area contributed by atoms with Gasteiger partial charge < -0.3 is 0 Å². The first-order valence-electron chi connectivity index (χ1n) is 7.11. The van der Waals surface area contributed by atoms with Crippen LogP contribution < -0.4 is 0 Å². The number of carbonyl (C=O) groups is 1. The van der Waals surface area contributed by atoms with Gasteiger partial charge >= 0.3 is 0 Å². The van der Waals surface area contributed by atoms with E-state index in [1.54, 1.807) is 24.3 Å². The lowest BCUT2D eigenvalue weighted by Crippen LogP contribution is -2.57. The van der Waals surface area contributed by atoms with Crippen LogP contribution in [0.1, 0.15) is 30.6 Å². The molecule has 0 spiro atoms. The van der Waals surface area contributed by atoms with Crippen molar-refractivity contribution >= 4 is 17.4 Å². The molecular weight excluding hydrogens is 272 g/mol. The van der Waals surface area contributed by atoms with E-state index in [9.17, 15) is 4.79 Å². The Morgan fingerprint density at radius 1 is 1.25 bits per heavy atom. The van der Waals surface area contributed by atoms with Crippen LogP contribution in [0.5, 0.6) is 0 Å². The van der Waals surface area contributed by atoms with E-state index in [1.165, 1.54) is 0 Å². The molecule has 0 aromatic heterocycles. The van der Waals surface area contributed by atoms with Crippen molar-refractivity contribution in [2.24, 2.45) is 0 Å². The summed E-state index contributed by atoms with van der Waals surface area (Å²) in [7, 11) is 2.16. The van der Waals surface area contributed by atoms with Crippen molar-refractivity contribution in [1.29, 1.82) is 0 Å². The minimum atomic E-state index is 0.182. The van der Waals surface area contributed by atoms with Crippen molar-refractivity contribution in [2.45, 2.75) is 25.8 Å². The number of hydrogen-bond donors (Lipinski definition) is 0. The molecule has 0 saturated carbocycles. The van der Waals surface area contributed by atoms with Crippen LogP contribution in [0.3, 0.4) is 0 Å². The Labute approximate surface area is 126 Å². The fourth-order valence-electron chi connectivity index (χ4n) is 2.57. The highest BCUT2D eigenvalue weighted by Crippen LogP contribution is 2.19. The molecule has 1 aliphatic rings. The first-order chi connectivity index (χ1) is 9.38. The van der Waals surface area contributed by atoms with E-state index in [0.29, 0.717) is 11.4 Å². The number of halogens is 1. The summed E-state index contributed by atoms with van der Waals surface area (Å²) >= 11 is 5.84. The predicted molar refractivity (Wildman–Crippen MR) is 83.5 cm³/mol. The van der Waals surface area contributed by atoms with Crippen molar-refractivity contribution in [3.05, 3.63) is 34.9 Å². The lowest BCUT2D eigenvalue weighted by atomic mass is 9.99. The zero-order valence-corrected chi connectivity index (χ0v) is 13.3. The summed E-state index contributed by atoms with van der Waals surface area (Å²) in [5.41, 5.74) is 0.935. The van der Waals surface area contributed by atoms with E-state index in [1.807, 2.05) is 0 Å². The quantitative estimate of drug-likeness (QED) is 0.798. The van der Waals surface area contributed by atoms with Crippen LogP contribution in [0.4, 0.5) is 0 Å². The van der Waals surface area contributed by atoms with Crippen molar-refractivity contribution < 1.29 is 4.79 Å². The summed E-state index contributed by atoms with van der Waals surface area (Å²) in [4.78, 5) is 16.9. The number of nitrogens with zero attached hydrogens (tertiary/aromatic N) is 2. The van der Waals surface area contributed by atoms with Crippen LogP contribution in [0.25, 0.3) is 0 Å². The third kappa shape index (κ3) is 3.81. The second-order valence-electron chi connectivity index (χ2n) is 6.19. The van der Waals surface area contributed by atoms with Gasteiger partial charge in [0.1, 0.15) is 0 Å². The lowest BCUT2D eigenvalue weighted by Gasteiger charge is -2.45. The van der Waals surface area contributed by atoms with Crippen LogP contribution in [0.15, 0.2) is 24.3 Å². The molecule has 0 amide bonds. The average molecular weight is 295 g/mol. The van der Waals surface area contributed by atoms with Crippen molar-refractivity contribution in [3.63, 3.8) is 0 Å². The molecule has 4 heteroatoms. The van der Waals surface area contributed by atoms with E-state index in [-0.39, 0.29) is 11.3 Å². The van der Waals surface area contributed by atoms with Crippen molar-refractivity contribution in [3.8, 4) is 0 Å². The smallest absolute Gasteiger partial charge is 0.164 e. The summed E-state index contributed by atoms with van der Waals surface area (Å²) in [5.74, 6) is 0.193. The molecule has 0 atom stereocenters. The molecule has 1 fully saturated rings. The Morgan fingerprint density at radius 2 is 1.90 bits per heavy atom. The third-order valence-electron chi connectivity index (χ3n) is 4.22. The fraction of sp³-hybridized carbons (Fsp3) is 0.562. The fourth-order valence-corrected chi connectivity index (χ4v) is 2.70. The number of ketones is 1. The van der Waals surface area contributed by atoms with Gasteiger partial charge in [0.2, 0.25) is 0 Å². The molecule has 1 saturated heterocycles. The van der Waals surface area contributed by atoms with Gasteiger partial charge in [0.15, 0.2) is 5.78 Å².